The predicted octanol–water partition coefficient (Wildman–Crippen LogP) is 3.16. The Hall–Kier alpha value is -0.370. The second-order valence-corrected chi connectivity index (χ2v) is 7.31. The molecule has 1 unspecified atom stereocenters. The molecule has 2 rings (SSSR count). The molecule has 1 aromatic carbocycles. The Morgan fingerprint density at radius 2 is 1.95 bits per heavy atom. The van der Waals surface area contributed by atoms with Crippen LogP contribution in [0, 0.1) is 0 Å². The lowest BCUT2D eigenvalue weighted by molar-refractivity contribution is -0.117. The summed E-state index contributed by atoms with van der Waals surface area (Å²) in [4.78, 5) is 12.9. The number of nitrogens with zero attached hydrogens (tertiary/aromatic N) is 1. The number of carbonyl (C=O) groups excluding carboxylic acids is 1. The average molecular weight is 391 g/mol. The van der Waals surface area contributed by atoms with Gasteiger partial charge in [-0.25, -0.2) is 0 Å². The van der Waals surface area contributed by atoms with Gasteiger partial charge in [0.05, 0.1) is 15.7 Å². The van der Waals surface area contributed by atoms with Crippen LogP contribution in [0.5, 0.6) is 0 Å². The lowest BCUT2D eigenvalue weighted by Crippen LogP contribution is -2.27. The van der Waals surface area contributed by atoms with Crippen molar-refractivity contribution in [2.24, 2.45) is 0 Å². The molecule has 104 valence electrons. The van der Waals surface area contributed by atoms with Crippen LogP contribution in [0.1, 0.15) is 6.42 Å². The van der Waals surface area contributed by atoms with Crippen molar-refractivity contribution in [3.63, 3.8) is 0 Å². The summed E-state index contributed by atoms with van der Waals surface area (Å²) in [6.07, 6.45) is -0.400. The molecule has 1 atom stereocenters. The van der Waals surface area contributed by atoms with E-state index in [1.165, 1.54) is 12.1 Å². The van der Waals surface area contributed by atoms with E-state index < -0.39 is 27.8 Å². The Morgan fingerprint density at radius 3 is 2.47 bits per heavy atom. The van der Waals surface area contributed by atoms with Gasteiger partial charge in [-0.3, -0.25) is 4.79 Å². The van der Waals surface area contributed by atoms with Crippen molar-refractivity contribution < 1.29 is 17.1 Å². The molecule has 1 fully saturated rings. The van der Waals surface area contributed by atoms with Crippen LogP contribution in [0.4, 0.5) is 9.57 Å². The van der Waals surface area contributed by atoms with E-state index in [4.69, 9.17) is 23.2 Å². The monoisotopic (exact) mass is 389 g/mol. The third-order valence-corrected chi connectivity index (χ3v) is 5.38. The zero-order valence-corrected chi connectivity index (χ0v) is 13.2. The first-order valence-corrected chi connectivity index (χ1v) is 8.08. The summed E-state index contributed by atoms with van der Waals surface area (Å²) in [5.74, 6) is -0.508. The van der Waals surface area contributed by atoms with Gasteiger partial charge in [0.1, 0.15) is 5.25 Å². The van der Waals surface area contributed by atoms with Crippen LogP contribution in [-0.4, -0.2) is 26.1 Å². The molecular formula is C10H7BrCl2FNO3S. The van der Waals surface area contributed by atoms with E-state index in [2.05, 4.69) is 15.9 Å². The van der Waals surface area contributed by atoms with Crippen LogP contribution in [0.3, 0.4) is 0 Å². The normalized spacial score (nSPS) is 20.1. The molecule has 0 bridgehead atoms. The van der Waals surface area contributed by atoms with Gasteiger partial charge in [-0.1, -0.05) is 23.2 Å². The van der Waals surface area contributed by atoms with Crippen molar-refractivity contribution in [3.8, 4) is 0 Å². The third-order valence-electron chi connectivity index (χ3n) is 2.77. The van der Waals surface area contributed by atoms with Gasteiger partial charge in [-0.15, -0.1) is 3.89 Å². The van der Waals surface area contributed by atoms with Crippen LogP contribution < -0.4 is 4.90 Å². The minimum absolute atomic E-state index is 0.224. The van der Waals surface area contributed by atoms with E-state index >= 15 is 0 Å². The highest BCUT2D eigenvalue weighted by molar-refractivity contribution is 9.10. The van der Waals surface area contributed by atoms with Gasteiger partial charge < -0.3 is 4.90 Å². The Kier molecular flexibility index (Phi) is 4.11. The van der Waals surface area contributed by atoms with E-state index in [1.54, 1.807) is 0 Å². The summed E-state index contributed by atoms with van der Waals surface area (Å²) in [5.41, 5.74) is 0.269. The van der Waals surface area contributed by atoms with Gasteiger partial charge in [-0.05, 0) is 28.1 Å². The SMILES string of the molecule is O=C1CC(S(=O)(=O)F)CN1c1cc(Cl)c(Br)cc1Cl. The van der Waals surface area contributed by atoms with E-state index in [9.17, 15) is 17.1 Å². The van der Waals surface area contributed by atoms with Gasteiger partial charge in [0.15, 0.2) is 0 Å². The van der Waals surface area contributed by atoms with Gasteiger partial charge in [-0.2, -0.15) is 8.42 Å². The number of anilines is 1. The fraction of sp³-hybridized carbons (Fsp3) is 0.300. The Bertz CT molecular complexity index is 652. The fourth-order valence-corrected chi connectivity index (χ4v) is 3.38. The van der Waals surface area contributed by atoms with E-state index in [-0.39, 0.29) is 17.3 Å². The number of hydrogen-bond acceptors (Lipinski definition) is 3. The van der Waals surface area contributed by atoms with Gasteiger partial charge in [0.25, 0.3) is 0 Å². The lowest BCUT2D eigenvalue weighted by atomic mass is 10.3. The molecule has 19 heavy (non-hydrogen) atoms. The lowest BCUT2D eigenvalue weighted by Gasteiger charge is -2.18. The molecule has 1 aliphatic heterocycles. The first kappa shape index (κ1) is 15.0. The minimum Gasteiger partial charge on any atom is -0.309 e. The quantitative estimate of drug-likeness (QED) is 0.575. The third kappa shape index (κ3) is 3.04. The molecule has 9 heteroatoms. The number of benzene rings is 1. The molecule has 4 nitrogen and oxygen atoms in total. The molecule has 0 spiro atoms. The summed E-state index contributed by atoms with van der Waals surface area (Å²) in [7, 11) is -4.76. The smallest absolute Gasteiger partial charge is 0.307 e. The topological polar surface area (TPSA) is 54.5 Å². The molecular weight excluding hydrogens is 384 g/mol. The van der Waals surface area contributed by atoms with Crippen LogP contribution in [0.25, 0.3) is 0 Å². The van der Waals surface area contributed by atoms with Gasteiger partial charge >= 0.3 is 10.2 Å². The number of hydrogen-bond donors (Lipinski definition) is 0. The maximum absolute atomic E-state index is 12.9. The van der Waals surface area contributed by atoms with Crippen LogP contribution in [0.15, 0.2) is 16.6 Å². The zero-order valence-electron chi connectivity index (χ0n) is 9.24. The van der Waals surface area contributed by atoms with E-state index in [1.807, 2.05) is 0 Å². The molecule has 0 aliphatic carbocycles. The highest BCUT2D eigenvalue weighted by Crippen LogP contribution is 2.37. The highest BCUT2D eigenvalue weighted by atomic mass is 79.9. The Morgan fingerprint density at radius 1 is 1.32 bits per heavy atom. The molecule has 1 aliphatic rings. The molecule has 0 aromatic heterocycles. The van der Waals surface area contributed by atoms with E-state index in [0.717, 1.165) is 4.90 Å². The van der Waals surface area contributed by atoms with Crippen LogP contribution in [0.2, 0.25) is 10.0 Å². The summed E-state index contributed by atoms with van der Waals surface area (Å²) in [6.45, 7) is -0.269. The molecule has 1 amide bonds. The predicted molar refractivity (Wildman–Crippen MR) is 74.9 cm³/mol. The molecule has 1 heterocycles. The zero-order chi connectivity index (χ0) is 14.4. The number of carbonyl (C=O) groups is 1. The molecule has 1 aromatic rings. The maximum Gasteiger partial charge on any atom is 0.307 e. The highest BCUT2D eigenvalue weighted by Gasteiger charge is 2.39. The van der Waals surface area contributed by atoms with Crippen LogP contribution >= 0.6 is 39.1 Å². The van der Waals surface area contributed by atoms with Crippen molar-refractivity contribution in [1.29, 1.82) is 0 Å². The van der Waals surface area contributed by atoms with E-state index in [0.29, 0.717) is 9.50 Å². The van der Waals surface area contributed by atoms with Gasteiger partial charge in [0.2, 0.25) is 5.91 Å². The Labute approximate surface area is 127 Å². The first-order valence-electron chi connectivity index (χ1n) is 5.08. The largest absolute Gasteiger partial charge is 0.309 e. The second kappa shape index (κ2) is 5.20. The average Bonchev–Trinajstić information content (AvgIpc) is 2.65. The number of halogens is 4. The second-order valence-electron chi connectivity index (χ2n) is 4.02. The van der Waals surface area contributed by atoms with Crippen molar-refractivity contribution in [3.05, 3.63) is 26.7 Å². The summed E-state index contributed by atoms with van der Waals surface area (Å²) >= 11 is 15.1. The summed E-state index contributed by atoms with van der Waals surface area (Å²) in [6, 6.07) is 2.92. The van der Waals surface area contributed by atoms with Gasteiger partial charge in [0, 0.05) is 17.4 Å². The van der Waals surface area contributed by atoms with Crippen molar-refractivity contribution >= 4 is 60.9 Å². The molecule has 0 saturated carbocycles. The number of amides is 1. The maximum atomic E-state index is 12.9. The molecule has 0 radical (unpaired) electrons. The summed E-state index contributed by atoms with van der Waals surface area (Å²) in [5, 5.41) is -0.821. The van der Waals surface area contributed by atoms with Crippen LogP contribution in [-0.2, 0) is 15.0 Å². The van der Waals surface area contributed by atoms with Crippen molar-refractivity contribution in [2.45, 2.75) is 11.7 Å². The Balaban J connectivity index is 2.39. The van der Waals surface area contributed by atoms with Crippen molar-refractivity contribution in [1.82, 2.24) is 0 Å². The summed E-state index contributed by atoms with van der Waals surface area (Å²) < 4.78 is 35.2. The molecule has 0 N–H and O–H groups in total. The minimum atomic E-state index is -4.76. The number of rotatable bonds is 2. The molecule has 1 saturated heterocycles. The van der Waals surface area contributed by atoms with Crippen molar-refractivity contribution in [2.75, 3.05) is 11.4 Å². The fourth-order valence-electron chi connectivity index (χ4n) is 1.82. The standard InChI is InChI=1S/C10H7BrCl2FNO3S/c11-6-2-8(13)9(3-7(6)12)15-4-5(1-10(15)16)19(14,17)18/h2-3,5H,1,4H2. The first-order chi connectivity index (χ1) is 8.70.